The van der Waals surface area contributed by atoms with Crippen LogP contribution < -0.4 is 26.6 Å². The summed E-state index contributed by atoms with van der Waals surface area (Å²) in [4.78, 5) is 59.3. The van der Waals surface area contributed by atoms with Gasteiger partial charge in [0.05, 0.1) is 5.69 Å². The van der Waals surface area contributed by atoms with Gasteiger partial charge in [0, 0.05) is 42.7 Å². The average Bonchev–Trinajstić information content (AvgIpc) is 3.59. The topological polar surface area (TPSA) is 128 Å². The summed E-state index contributed by atoms with van der Waals surface area (Å²) < 4.78 is 36.8. The lowest BCUT2D eigenvalue weighted by molar-refractivity contribution is -0.117. The summed E-state index contributed by atoms with van der Waals surface area (Å²) in [6, 6.07) is 11.4. The fraction of sp³-hybridized carbons (Fsp3) is 0.343. The molecule has 2 fully saturated rings. The van der Waals surface area contributed by atoms with Crippen LogP contribution in [-0.4, -0.2) is 51.0 Å². The fourth-order valence-electron chi connectivity index (χ4n) is 6.24. The number of carbonyl (C=O) groups excluding carboxylic acids is 2. The van der Waals surface area contributed by atoms with Crippen molar-refractivity contribution in [1.82, 2.24) is 19.0 Å². The fourth-order valence-corrected chi connectivity index (χ4v) is 6.24. The first kappa shape index (κ1) is 32.8. The number of carbonyl (C=O) groups is 2. The second-order valence-electron chi connectivity index (χ2n) is 12.4. The van der Waals surface area contributed by atoms with Crippen molar-refractivity contribution in [3.05, 3.63) is 105 Å². The summed E-state index contributed by atoms with van der Waals surface area (Å²) in [6.07, 6.45) is 8.21. The molecule has 1 aliphatic carbocycles. The molecule has 0 atom stereocenters. The van der Waals surface area contributed by atoms with Gasteiger partial charge in [-0.25, -0.2) is 23.1 Å². The zero-order chi connectivity index (χ0) is 33.8. The lowest BCUT2D eigenvalue weighted by Gasteiger charge is -2.28. The van der Waals surface area contributed by atoms with Crippen molar-refractivity contribution < 1.29 is 23.1 Å². The van der Waals surface area contributed by atoms with Crippen LogP contribution in [0.4, 0.5) is 20.3 Å². The molecule has 4 aromatic rings. The second kappa shape index (κ2) is 14.3. The average molecular weight is 659 g/mol. The van der Waals surface area contributed by atoms with Crippen LogP contribution in [0.2, 0.25) is 0 Å². The molecule has 2 aliphatic rings. The molecular weight excluding hydrogens is 622 g/mol. The molecule has 0 bridgehead atoms. The number of nitrogens with zero attached hydrogens (tertiary/aromatic N) is 4. The molecule has 1 aliphatic heterocycles. The molecule has 48 heavy (non-hydrogen) atoms. The molecule has 2 N–H and O–H groups in total. The SMILES string of the molecule is CN1CCC(CC(=O)Nc2cc(Oc3ccc(NC(=O)c4cn(C5CCCC5)c(=O)n(-c5ccc(F)cc5)c4=O)cc3F)ccn2)CC1. The highest BCUT2D eigenvalue weighted by atomic mass is 19.1. The Labute approximate surface area is 275 Å². The molecule has 6 rings (SSSR count). The second-order valence-corrected chi connectivity index (χ2v) is 12.4. The Morgan fingerprint density at radius 2 is 1.67 bits per heavy atom. The number of piperidine rings is 1. The minimum Gasteiger partial charge on any atom is -0.454 e. The molecule has 13 heteroatoms. The highest BCUT2D eigenvalue weighted by molar-refractivity contribution is 6.03. The Morgan fingerprint density at radius 3 is 2.38 bits per heavy atom. The Kier molecular flexibility index (Phi) is 9.76. The lowest BCUT2D eigenvalue weighted by Crippen LogP contribution is -2.43. The third-order valence-electron chi connectivity index (χ3n) is 8.89. The molecule has 2 aromatic heterocycles. The molecular formula is C35H36F2N6O5. The molecule has 2 amide bonds. The molecule has 2 aromatic carbocycles. The van der Waals surface area contributed by atoms with E-state index in [0.29, 0.717) is 25.2 Å². The van der Waals surface area contributed by atoms with Gasteiger partial charge in [-0.3, -0.25) is 19.0 Å². The van der Waals surface area contributed by atoms with Crippen LogP contribution in [0.15, 0.2) is 76.6 Å². The van der Waals surface area contributed by atoms with E-state index in [4.69, 9.17) is 4.74 Å². The first-order valence-electron chi connectivity index (χ1n) is 16.0. The van der Waals surface area contributed by atoms with E-state index in [0.717, 1.165) is 61.5 Å². The maximum atomic E-state index is 15.2. The van der Waals surface area contributed by atoms with Crippen molar-refractivity contribution in [1.29, 1.82) is 0 Å². The Hall–Kier alpha value is -5.17. The van der Waals surface area contributed by atoms with E-state index < -0.39 is 28.8 Å². The van der Waals surface area contributed by atoms with Gasteiger partial charge in [-0.1, -0.05) is 12.8 Å². The number of benzene rings is 2. The summed E-state index contributed by atoms with van der Waals surface area (Å²) in [5, 5.41) is 5.32. The number of aromatic nitrogens is 3. The molecule has 0 spiro atoms. The summed E-state index contributed by atoms with van der Waals surface area (Å²) in [5.41, 5.74) is -1.66. The summed E-state index contributed by atoms with van der Waals surface area (Å²) in [7, 11) is 2.06. The molecule has 250 valence electrons. The third kappa shape index (κ3) is 7.52. The molecule has 3 heterocycles. The largest absolute Gasteiger partial charge is 0.454 e. The van der Waals surface area contributed by atoms with E-state index in [2.05, 4.69) is 27.6 Å². The number of hydrogen-bond donors (Lipinski definition) is 2. The first-order chi connectivity index (χ1) is 23.1. The number of halogens is 2. The first-order valence-corrected chi connectivity index (χ1v) is 16.0. The van der Waals surface area contributed by atoms with Crippen LogP contribution in [0.25, 0.3) is 5.69 Å². The Balaban J connectivity index is 1.17. The molecule has 1 saturated carbocycles. The number of nitrogens with one attached hydrogen (secondary N) is 2. The van der Waals surface area contributed by atoms with Gasteiger partial charge in [0.1, 0.15) is 22.9 Å². The number of anilines is 2. The van der Waals surface area contributed by atoms with Crippen molar-refractivity contribution in [3.63, 3.8) is 0 Å². The van der Waals surface area contributed by atoms with Crippen LogP contribution >= 0.6 is 0 Å². The van der Waals surface area contributed by atoms with Crippen molar-refractivity contribution >= 4 is 23.3 Å². The van der Waals surface area contributed by atoms with E-state index in [1.54, 1.807) is 0 Å². The van der Waals surface area contributed by atoms with E-state index in [1.807, 2.05) is 0 Å². The van der Waals surface area contributed by atoms with Gasteiger partial charge in [0.2, 0.25) is 5.91 Å². The van der Waals surface area contributed by atoms with Crippen molar-refractivity contribution in [2.24, 2.45) is 5.92 Å². The van der Waals surface area contributed by atoms with Gasteiger partial charge in [0.15, 0.2) is 11.6 Å². The predicted octanol–water partition coefficient (Wildman–Crippen LogP) is 5.50. The summed E-state index contributed by atoms with van der Waals surface area (Å²) in [6.45, 7) is 1.92. The highest BCUT2D eigenvalue weighted by Gasteiger charge is 2.25. The van der Waals surface area contributed by atoms with Crippen molar-refractivity contribution in [2.45, 2.75) is 51.0 Å². The van der Waals surface area contributed by atoms with Crippen LogP contribution in [-0.2, 0) is 4.79 Å². The molecule has 1 saturated heterocycles. The van der Waals surface area contributed by atoms with Crippen LogP contribution in [0.5, 0.6) is 11.5 Å². The maximum absolute atomic E-state index is 15.2. The van der Waals surface area contributed by atoms with Gasteiger partial charge >= 0.3 is 5.69 Å². The standard InChI is InChI=1S/C35H36F2N6O5/c1-41-16-13-22(14-17-41)18-32(44)40-31-20-27(12-15-38-31)48-30-11-8-24(19-29(30)37)39-33(45)28-21-42(25-4-2-3-5-25)35(47)43(34(28)46)26-9-6-23(36)7-10-26/h6-12,15,19-22,25H,2-5,13-14,16-18H2,1H3,(H,39,45)(H,38,40,44). The molecule has 0 unspecified atom stereocenters. The summed E-state index contributed by atoms with van der Waals surface area (Å²) >= 11 is 0. The Morgan fingerprint density at radius 1 is 0.938 bits per heavy atom. The van der Waals surface area contributed by atoms with Crippen LogP contribution in [0, 0.1) is 17.6 Å². The van der Waals surface area contributed by atoms with Gasteiger partial charge in [-0.2, -0.15) is 0 Å². The zero-order valence-electron chi connectivity index (χ0n) is 26.5. The predicted molar refractivity (Wildman–Crippen MR) is 176 cm³/mol. The number of amides is 2. The van der Waals surface area contributed by atoms with E-state index in [-0.39, 0.29) is 46.2 Å². The number of ether oxygens (including phenoxy) is 1. The molecule has 0 radical (unpaired) electrons. The lowest BCUT2D eigenvalue weighted by atomic mass is 9.93. The number of hydrogen-bond acceptors (Lipinski definition) is 7. The van der Waals surface area contributed by atoms with Crippen molar-refractivity contribution in [3.8, 4) is 17.2 Å². The normalized spacial score (nSPS) is 15.7. The van der Waals surface area contributed by atoms with Crippen molar-refractivity contribution in [2.75, 3.05) is 30.8 Å². The van der Waals surface area contributed by atoms with Gasteiger partial charge < -0.3 is 20.3 Å². The van der Waals surface area contributed by atoms with E-state index >= 15 is 4.39 Å². The molecule has 11 nitrogen and oxygen atoms in total. The maximum Gasteiger partial charge on any atom is 0.335 e. The number of rotatable bonds is 9. The highest BCUT2D eigenvalue weighted by Crippen LogP contribution is 2.30. The minimum absolute atomic E-state index is 0.0489. The van der Waals surface area contributed by atoms with Gasteiger partial charge in [0.25, 0.3) is 11.5 Å². The number of pyridine rings is 1. The minimum atomic E-state index is -0.884. The number of likely N-dealkylation sites (tertiary alicyclic amines) is 1. The van der Waals surface area contributed by atoms with Crippen LogP contribution in [0.3, 0.4) is 0 Å². The van der Waals surface area contributed by atoms with Gasteiger partial charge in [-0.15, -0.1) is 0 Å². The zero-order valence-corrected chi connectivity index (χ0v) is 26.5. The summed E-state index contributed by atoms with van der Waals surface area (Å²) in [5.74, 6) is -1.64. The smallest absolute Gasteiger partial charge is 0.335 e. The monoisotopic (exact) mass is 658 g/mol. The van der Waals surface area contributed by atoms with Crippen LogP contribution in [0.1, 0.15) is 61.3 Å². The van der Waals surface area contributed by atoms with E-state index in [1.165, 1.54) is 53.4 Å². The quantitative estimate of drug-likeness (QED) is 0.243. The van der Waals surface area contributed by atoms with Gasteiger partial charge in [-0.05, 0) is 94.2 Å². The Bertz CT molecular complexity index is 1930. The van der Waals surface area contributed by atoms with E-state index in [9.17, 15) is 23.6 Å². The third-order valence-corrected chi connectivity index (χ3v) is 8.89.